The van der Waals surface area contributed by atoms with E-state index in [1.54, 1.807) is 18.2 Å². The lowest BCUT2D eigenvalue weighted by Crippen LogP contribution is -2.38. The Kier molecular flexibility index (Phi) is 6.85. The second-order valence-electron chi connectivity index (χ2n) is 6.90. The van der Waals surface area contributed by atoms with Gasteiger partial charge < -0.3 is 14.6 Å². The van der Waals surface area contributed by atoms with Crippen LogP contribution in [0.3, 0.4) is 0 Å². The van der Waals surface area contributed by atoms with Gasteiger partial charge in [-0.3, -0.25) is 4.90 Å². The van der Waals surface area contributed by atoms with E-state index in [4.69, 9.17) is 9.47 Å². The molecule has 0 aliphatic carbocycles. The summed E-state index contributed by atoms with van der Waals surface area (Å²) in [7, 11) is 1.37. The molecule has 0 saturated carbocycles. The average Bonchev–Trinajstić information content (AvgIpc) is 2.74. The van der Waals surface area contributed by atoms with Gasteiger partial charge in [-0.2, -0.15) is 0 Å². The van der Waals surface area contributed by atoms with Crippen LogP contribution in [0.25, 0.3) is 0 Å². The van der Waals surface area contributed by atoms with Gasteiger partial charge in [0, 0.05) is 6.54 Å². The molecule has 5 heteroatoms. The maximum absolute atomic E-state index is 11.6. The van der Waals surface area contributed by atoms with E-state index in [1.165, 1.54) is 7.11 Å². The Morgan fingerprint density at radius 3 is 2.59 bits per heavy atom. The third kappa shape index (κ3) is 5.31. The van der Waals surface area contributed by atoms with Crippen LogP contribution in [-0.2, 0) is 4.74 Å². The molecule has 1 aliphatic heterocycles. The minimum Gasteiger partial charge on any atom is -0.492 e. The van der Waals surface area contributed by atoms with Crippen molar-refractivity contribution in [1.29, 1.82) is 0 Å². The lowest BCUT2D eigenvalue weighted by atomic mass is 9.87. The fourth-order valence-electron chi connectivity index (χ4n) is 3.54. The van der Waals surface area contributed by atoms with Crippen molar-refractivity contribution in [3.05, 3.63) is 65.7 Å². The lowest BCUT2D eigenvalue weighted by molar-refractivity contribution is 0.0549. The number of methoxy groups -OCH3 is 1. The monoisotopic (exact) mass is 369 g/mol. The number of aliphatic hydroxyl groups excluding tert-OH is 1. The number of nitrogens with zero attached hydrogens (tertiary/aromatic N) is 1. The predicted molar refractivity (Wildman–Crippen MR) is 104 cm³/mol. The molecule has 1 saturated heterocycles. The van der Waals surface area contributed by atoms with Gasteiger partial charge in [-0.05, 0) is 55.6 Å². The first-order chi connectivity index (χ1) is 13.2. The van der Waals surface area contributed by atoms with E-state index in [9.17, 15) is 9.90 Å². The SMILES string of the molecule is COC(=O)c1cccc(OCCN2CCC(C(O)c3ccccc3)CC2)c1. The molecule has 2 aromatic rings. The summed E-state index contributed by atoms with van der Waals surface area (Å²) in [4.78, 5) is 13.9. The third-order valence-electron chi connectivity index (χ3n) is 5.15. The number of hydrogen-bond acceptors (Lipinski definition) is 5. The molecule has 1 aliphatic rings. The van der Waals surface area contributed by atoms with Crippen LogP contribution in [0.1, 0.15) is 34.9 Å². The summed E-state index contributed by atoms with van der Waals surface area (Å²) in [6, 6.07) is 16.9. The first kappa shape index (κ1) is 19.4. The van der Waals surface area contributed by atoms with Crippen molar-refractivity contribution in [2.24, 2.45) is 5.92 Å². The van der Waals surface area contributed by atoms with E-state index in [0.717, 1.165) is 38.0 Å². The van der Waals surface area contributed by atoms with Crippen molar-refractivity contribution in [3.8, 4) is 5.75 Å². The predicted octanol–water partition coefficient (Wildman–Crippen LogP) is 3.30. The van der Waals surface area contributed by atoms with Gasteiger partial charge in [-0.15, -0.1) is 0 Å². The molecule has 1 atom stereocenters. The molecule has 3 rings (SSSR count). The van der Waals surface area contributed by atoms with Crippen LogP contribution < -0.4 is 4.74 Å². The summed E-state index contributed by atoms with van der Waals surface area (Å²) >= 11 is 0. The first-order valence-corrected chi connectivity index (χ1v) is 9.44. The number of aliphatic hydroxyl groups is 1. The molecule has 1 fully saturated rings. The topological polar surface area (TPSA) is 59.0 Å². The van der Waals surface area contributed by atoms with Gasteiger partial charge >= 0.3 is 5.97 Å². The Morgan fingerprint density at radius 2 is 1.89 bits per heavy atom. The van der Waals surface area contributed by atoms with Crippen molar-refractivity contribution in [2.45, 2.75) is 18.9 Å². The maximum Gasteiger partial charge on any atom is 0.337 e. The second kappa shape index (κ2) is 9.53. The van der Waals surface area contributed by atoms with E-state index >= 15 is 0 Å². The van der Waals surface area contributed by atoms with Crippen LogP contribution in [0.5, 0.6) is 5.75 Å². The Hall–Kier alpha value is -2.37. The average molecular weight is 369 g/mol. The van der Waals surface area contributed by atoms with E-state index in [2.05, 4.69) is 4.90 Å². The molecule has 5 nitrogen and oxygen atoms in total. The fourth-order valence-corrected chi connectivity index (χ4v) is 3.54. The Morgan fingerprint density at radius 1 is 1.15 bits per heavy atom. The Balaban J connectivity index is 1.42. The largest absolute Gasteiger partial charge is 0.492 e. The minimum atomic E-state index is -0.384. The van der Waals surface area contributed by atoms with Gasteiger partial charge in [-0.25, -0.2) is 4.79 Å². The molecule has 0 bridgehead atoms. The Bertz CT molecular complexity index is 726. The summed E-state index contributed by atoms with van der Waals surface area (Å²) in [5.41, 5.74) is 1.50. The van der Waals surface area contributed by atoms with Gasteiger partial charge in [0.05, 0.1) is 18.8 Å². The number of rotatable bonds is 7. The number of carbonyl (C=O) groups is 1. The molecule has 144 valence electrons. The number of esters is 1. The van der Waals surface area contributed by atoms with Gasteiger partial charge in [-0.1, -0.05) is 36.4 Å². The highest BCUT2D eigenvalue weighted by Gasteiger charge is 2.26. The van der Waals surface area contributed by atoms with E-state index in [-0.39, 0.29) is 12.1 Å². The van der Waals surface area contributed by atoms with Gasteiger partial charge in [0.1, 0.15) is 12.4 Å². The number of carbonyl (C=O) groups excluding carboxylic acids is 1. The third-order valence-corrected chi connectivity index (χ3v) is 5.15. The normalized spacial score (nSPS) is 16.7. The molecular formula is C22H27NO4. The number of likely N-dealkylation sites (tertiary alicyclic amines) is 1. The lowest BCUT2D eigenvalue weighted by Gasteiger charge is -2.34. The molecule has 0 radical (unpaired) electrons. The van der Waals surface area contributed by atoms with Crippen molar-refractivity contribution in [2.75, 3.05) is 33.4 Å². The molecule has 2 aromatic carbocycles. The first-order valence-electron chi connectivity index (χ1n) is 9.44. The molecule has 1 unspecified atom stereocenters. The second-order valence-corrected chi connectivity index (χ2v) is 6.90. The van der Waals surface area contributed by atoms with Crippen LogP contribution in [0.4, 0.5) is 0 Å². The highest BCUT2D eigenvalue weighted by molar-refractivity contribution is 5.89. The summed E-state index contributed by atoms with van der Waals surface area (Å²) in [5, 5.41) is 10.6. The zero-order valence-electron chi connectivity index (χ0n) is 15.7. The van der Waals surface area contributed by atoms with Crippen LogP contribution in [0, 0.1) is 5.92 Å². The zero-order chi connectivity index (χ0) is 19.1. The molecule has 27 heavy (non-hydrogen) atoms. The van der Waals surface area contributed by atoms with Crippen LogP contribution in [0.2, 0.25) is 0 Å². The standard InChI is InChI=1S/C22H27NO4/c1-26-22(25)19-8-5-9-20(16-19)27-15-14-23-12-10-18(11-13-23)21(24)17-6-3-2-4-7-17/h2-9,16,18,21,24H,10-15H2,1H3. The van der Waals surface area contributed by atoms with Crippen molar-refractivity contribution >= 4 is 5.97 Å². The number of ether oxygens (including phenoxy) is 2. The van der Waals surface area contributed by atoms with E-state index < -0.39 is 0 Å². The van der Waals surface area contributed by atoms with Gasteiger partial charge in [0.25, 0.3) is 0 Å². The fraction of sp³-hybridized carbons (Fsp3) is 0.409. The number of piperidine rings is 1. The minimum absolute atomic E-state index is 0.307. The highest BCUT2D eigenvalue weighted by Crippen LogP contribution is 2.30. The quantitative estimate of drug-likeness (QED) is 0.759. The number of benzene rings is 2. The summed E-state index contributed by atoms with van der Waals surface area (Å²) < 4.78 is 10.5. The maximum atomic E-state index is 11.6. The van der Waals surface area contributed by atoms with Crippen molar-refractivity contribution < 1.29 is 19.4 Å². The Labute approximate surface area is 160 Å². The van der Waals surface area contributed by atoms with Crippen molar-refractivity contribution in [3.63, 3.8) is 0 Å². The molecule has 1 N–H and O–H groups in total. The summed E-state index contributed by atoms with van der Waals surface area (Å²) in [5.74, 6) is 0.619. The van der Waals surface area contributed by atoms with E-state index in [0.29, 0.717) is 23.8 Å². The van der Waals surface area contributed by atoms with E-state index in [1.807, 2.05) is 36.4 Å². The molecule has 0 amide bonds. The van der Waals surface area contributed by atoms with Gasteiger partial charge in [0.2, 0.25) is 0 Å². The molecule has 1 heterocycles. The highest BCUT2D eigenvalue weighted by atomic mass is 16.5. The van der Waals surface area contributed by atoms with Crippen LogP contribution in [0.15, 0.2) is 54.6 Å². The van der Waals surface area contributed by atoms with Crippen LogP contribution >= 0.6 is 0 Å². The van der Waals surface area contributed by atoms with Crippen LogP contribution in [-0.4, -0.2) is 49.3 Å². The van der Waals surface area contributed by atoms with Gasteiger partial charge in [0.15, 0.2) is 0 Å². The number of hydrogen-bond donors (Lipinski definition) is 1. The molecular weight excluding hydrogens is 342 g/mol. The molecule has 0 aromatic heterocycles. The smallest absolute Gasteiger partial charge is 0.337 e. The molecule has 0 spiro atoms. The summed E-state index contributed by atoms with van der Waals surface area (Å²) in [6.07, 6.45) is 1.58. The zero-order valence-corrected chi connectivity index (χ0v) is 15.7. The van der Waals surface area contributed by atoms with Crippen molar-refractivity contribution in [1.82, 2.24) is 4.90 Å². The summed E-state index contributed by atoms with van der Waals surface area (Å²) in [6.45, 7) is 3.31.